The van der Waals surface area contributed by atoms with Crippen LogP contribution in [0.4, 0.5) is 5.82 Å². The van der Waals surface area contributed by atoms with Crippen LogP contribution in [-0.2, 0) is 10.0 Å². The summed E-state index contributed by atoms with van der Waals surface area (Å²) >= 11 is 0. The lowest BCUT2D eigenvalue weighted by molar-refractivity contribution is 0.330. The number of hydrogen-bond acceptors (Lipinski definition) is 5. The molecule has 1 aromatic heterocycles. The minimum Gasteiger partial charge on any atom is -0.491 e. The fraction of sp³-hybridized carbons (Fsp3) is 0.421. The van der Waals surface area contributed by atoms with Crippen LogP contribution in [0.15, 0.2) is 47.5 Å². The van der Waals surface area contributed by atoms with Crippen molar-refractivity contribution in [1.29, 1.82) is 0 Å². The molecule has 26 heavy (non-hydrogen) atoms. The van der Waals surface area contributed by atoms with Gasteiger partial charge in [0.15, 0.2) is 0 Å². The monoisotopic (exact) mass is 375 g/mol. The van der Waals surface area contributed by atoms with Crippen molar-refractivity contribution in [3.8, 4) is 5.75 Å². The Bertz CT molecular complexity index is 816. The molecule has 1 aliphatic rings. The highest BCUT2D eigenvalue weighted by Gasteiger charge is 2.26. The number of hydrogen-bond donors (Lipinski definition) is 1. The van der Waals surface area contributed by atoms with E-state index in [-0.39, 0.29) is 4.90 Å². The van der Waals surface area contributed by atoms with Crippen molar-refractivity contribution in [2.75, 3.05) is 31.6 Å². The van der Waals surface area contributed by atoms with Gasteiger partial charge in [-0.1, -0.05) is 24.6 Å². The van der Waals surface area contributed by atoms with Crippen LogP contribution in [0.1, 0.15) is 24.8 Å². The Hall–Kier alpha value is -2.12. The highest BCUT2D eigenvalue weighted by atomic mass is 32.2. The Kier molecular flexibility index (Phi) is 6.11. The van der Waals surface area contributed by atoms with E-state index in [1.54, 1.807) is 16.4 Å². The van der Waals surface area contributed by atoms with Gasteiger partial charge in [-0.15, -0.1) is 0 Å². The number of sulfonamides is 1. The van der Waals surface area contributed by atoms with Crippen LogP contribution in [0.2, 0.25) is 0 Å². The first-order chi connectivity index (χ1) is 12.6. The van der Waals surface area contributed by atoms with Crippen LogP contribution in [0.5, 0.6) is 5.75 Å². The van der Waals surface area contributed by atoms with E-state index >= 15 is 0 Å². The number of nitrogens with one attached hydrogen (secondary N) is 1. The minimum atomic E-state index is -3.43. The average Bonchev–Trinajstić information content (AvgIpc) is 2.67. The standard InChI is InChI=1S/C19H25N3O3S/c1-16-7-3-4-8-18(16)25-14-11-20-19-10-9-17(15-21-19)26(23,24)22-12-5-2-6-13-22/h3-4,7-10,15H,2,5-6,11-14H2,1H3,(H,20,21). The molecular formula is C19H25N3O3S. The maximum absolute atomic E-state index is 12.6. The molecule has 1 aromatic carbocycles. The molecule has 3 rings (SSSR count). The van der Waals surface area contributed by atoms with Crippen molar-refractivity contribution >= 4 is 15.8 Å². The summed E-state index contributed by atoms with van der Waals surface area (Å²) in [6, 6.07) is 11.2. The zero-order valence-electron chi connectivity index (χ0n) is 15.0. The fourth-order valence-electron chi connectivity index (χ4n) is 2.95. The van der Waals surface area contributed by atoms with Crippen LogP contribution >= 0.6 is 0 Å². The van der Waals surface area contributed by atoms with Gasteiger partial charge in [-0.2, -0.15) is 4.31 Å². The first-order valence-corrected chi connectivity index (χ1v) is 10.4. The van der Waals surface area contributed by atoms with E-state index < -0.39 is 10.0 Å². The highest BCUT2D eigenvalue weighted by molar-refractivity contribution is 7.89. The van der Waals surface area contributed by atoms with Gasteiger partial charge in [-0.3, -0.25) is 0 Å². The van der Waals surface area contributed by atoms with Crippen LogP contribution in [0, 0.1) is 6.92 Å². The second-order valence-corrected chi connectivity index (χ2v) is 8.32. The number of piperidine rings is 1. The summed E-state index contributed by atoms with van der Waals surface area (Å²) in [4.78, 5) is 4.48. The molecule has 0 saturated carbocycles. The molecule has 140 valence electrons. The van der Waals surface area contributed by atoms with Crippen LogP contribution in [-0.4, -0.2) is 43.9 Å². The van der Waals surface area contributed by atoms with Gasteiger partial charge in [0.05, 0.1) is 6.54 Å². The molecule has 1 fully saturated rings. The highest BCUT2D eigenvalue weighted by Crippen LogP contribution is 2.20. The maximum Gasteiger partial charge on any atom is 0.244 e. The summed E-state index contributed by atoms with van der Waals surface area (Å²) in [6.45, 7) is 4.28. The van der Waals surface area contributed by atoms with Gasteiger partial charge in [0.2, 0.25) is 10.0 Å². The van der Waals surface area contributed by atoms with Crippen LogP contribution in [0.3, 0.4) is 0 Å². The topological polar surface area (TPSA) is 71.5 Å². The molecule has 1 N–H and O–H groups in total. The number of benzene rings is 1. The molecule has 2 heterocycles. The predicted molar refractivity (Wildman–Crippen MR) is 102 cm³/mol. The van der Waals surface area contributed by atoms with Crippen LogP contribution in [0.25, 0.3) is 0 Å². The van der Waals surface area contributed by atoms with Crippen LogP contribution < -0.4 is 10.1 Å². The van der Waals surface area contributed by atoms with Crippen molar-refractivity contribution in [2.24, 2.45) is 0 Å². The van der Waals surface area contributed by atoms with Crippen molar-refractivity contribution in [3.05, 3.63) is 48.2 Å². The summed E-state index contributed by atoms with van der Waals surface area (Å²) in [5, 5.41) is 3.15. The third-order valence-corrected chi connectivity index (χ3v) is 6.33. The SMILES string of the molecule is Cc1ccccc1OCCNc1ccc(S(=O)(=O)N2CCCCC2)cn1. The molecule has 0 aliphatic carbocycles. The number of aryl methyl sites for hydroxylation is 1. The van der Waals surface area contributed by atoms with E-state index in [9.17, 15) is 8.42 Å². The predicted octanol–water partition coefficient (Wildman–Crippen LogP) is 3.06. The van der Waals surface area contributed by atoms with Gasteiger partial charge in [0, 0.05) is 19.3 Å². The quantitative estimate of drug-likeness (QED) is 0.753. The number of aromatic nitrogens is 1. The van der Waals surface area contributed by atoms with Gasteiger partial charge in [-0.05, 0) is 43.5 Å². The Morgan fingerprint density at radius 2 is 1.88 bits per heavy atom. The molecule has 2 aromatic rings. The Morgan fingerprint density at radius 3 is 2.58 bits per heavy atom. The van der Waals surface area contributed by atoms with Gasteiger partial charge in [0.1, 0.15) is 23.1 Å². The molecule has 0 atom stereocenters. The van der Waals surface area contributed by atoms with Gasteiger partial charge < -0.3 is 10.1 Å². The zero-order chi connectivity index (χ0) is 18.4. The van der Waals surface area contributed by atoms with E-state index in [0.29, 0.717) is 32.1 Å². The normalized spacial score (nSPS) is 15.6. The molecule has 0 amide bonds. The smallest absolute Gasteiger partial charge is 0.244 e. The van der Waals surface area contributed by atoms with E-state index in [1.165, 1.54) is 6.20 Å². The Balaban J connectivity index is 1.52. The second-order valence-electron chi connectivity index (χ2n) is 6.38. The first kappa shape index (κ1) is 18.7. The molecular weight excluding hydrogens is 350 g/mol. The van der Waals surface area contributed by atoms with E-state index in [1.807, 2.05) is 31.2 Å². The molecule has 1 aliphatic heterocycles. The molecule has 1 saturated heterocycles. The Morgan fingerprint density at radius 1 is 1.12 bits per heavy atom. The summed E-state index contributed by atoms with van der Waals surface area (Å²) in [6.07, 6.45) is 4.37. The number of ether oxygens (including phenoxy) is 1. The van der Waals surface area contributed by atoms with E-state index in [2.05, 4.69) is 10.3 Å². The van der Waals surface area contributed by atoms with Gasteiger partial charge in [-0.25, -0.2) is 13.4 Å². The van der Waals surface area contributed by atoms with Crippen molar-refractivity contribution in [3.63, 3.8) is 0 Å². The lowest BCUT2D eigenvalue weighted by Crippen LogP contribution is -2.35. The lowest BCUT2D eigenvalue weighted by atomic mass is 10.2. The average molecular weight is 375 g/mol. The van der Waals surface area contributed by atoms with Crippen molar-refractivity contribution < 1.29 is 13.2 Å². The number of para-hydroxylation sites is 1. The lowest BCUT2D eigenvalue weighted by Gasteiger charge is -2.25. The molecule has 6 nitrogen and oxygen atoms in total. The van der Waals surface area contributed by atoms with E-state index in [0.717, 1.165) is 30.6 Å². The molecule has 0 spiro atoms. The molecule has 0 radical (unpaired) electrons. The second kappa shape index (κ2) is 8.51. The molecule has 7 heteroatoms. The third kappa shape index (κ3) is 4.53. The number of anilines is 1. The summed E-state index contributed by atoms with van der Waals surface area (Å²) in [5.74, 6) is 1.50. The van der Waals surface area contributed by atoms with Crippen molar-refractivity contribution in [1.82, 2.24) is 9.29 Å². The van der Waals surface area contributed by atoms with Crippen molar-refractivity contribution in [2.45, 2.75) is 31.1 Å². The Labute approximate surface area is 155 Å². The minimum absolute atomic E-state index is 0.251. The maximum atomic E-state index is 12.6. The summed E-state index contributed by atoms with van der Waals surface area (Å²) in [7, 11) is -3.43. The molecule has 0 unspecified atom stereocenters. The first-order valence-electron chi connectivity index (χ1n) is 8.96. The van der Waals surface area contributed by atoms with Gasteiger partial charge >= 0.3 is 0 Å². The number of rotatable bonds is 7. The third-order valence-electron chi connectivity index (χ3n) is 4.45. The summed E-state index contributed by atoms with van der Waals surface area (Å²) in [5.41, 5.74) is 1.10. The summed E-state index contributed by atoms with van der Waals surface area (Å²) < 4.78 is 32.5. The fourth-order valence-corrected chi connectivity index (χ4v) is 4.41. The molecule has 0 bridgehead atoms. The number of pyridine rings is 1. The largest absolute Gasteiger partial charge is 0.491 e. The number of nitrogens with zero attached hydrogens (tertiary/aromatic N) is 2. The zero-order valence-corrected chi connectivity index (χ0v) is 15.8. The van der Waals surface area contributed by atoms with Gasteiger partial charge in [0.25, 0.3) is 0 Å². The van der Waals surface area contributed by atoms with E-state index in [4.69, 9.17) is 4.74 Å².